The van der Waals surface area contributed by atoms with Crippen LogP contribution in [0.2, 0.25) is 0 Å². The molecule has 0 aliphatic heterocycles. The fraction of sp³-hybridized carbons (Fsp3) is 0.714. The van der Waals surface area contributed by atoms with Crippen molar-refractivity contribution in [3.63, 3.8) is 0 Å². The molecule has 3 rings (SSSR count). The van der Waals surface area contributed by atoms with Gasteiger partial charge in [-0.1, -0.05) is 12.5 Å². The maximum Gasteiger partial charge on any atom is 0.0363 e. The first-order valence-electron chi connectivity index (χ1n) is 6.68. The number of thiophene rings is 1. The molecule has 0 spiro atoms. The van der Waals surface area contributed by atoms with Crippen LogP contribution in [0.5, 0.6) is 0 Å². The monoisotopic (exact) mass is 250 g/mol. The van der Waals surface area contributed by atoms with Crippen molar-refractivity contribution in [3.05, 3.63) is 22.4 Å². The Morgan fingerprint density at radius 2 is 2.41 bits per heavy atom. The molecule has 0 saturated heterocycles. The van der Waals surface area contributed by atoms with Gasteiger partial charge in [-0.25, -0.2) is 0 Å². The molecule has 0 radical (unpaired) electrons. The van der Waals surface area contributed by atoms with Crippen molar-refractivity contribution in [1.29, 1.82) is 0 Å². The summed E-state index contributed by atoms with van der Waals surface area (Å²) in [6.45, 7) is 1.90. The van der Waals surface area contributed by atoms with Crippen LogP contribution < -0.4 is 5.73 Å². The number of nitrogens with two attached hydrogens (primary N) is 1. The number of likely N-dealkylation sites (N-methyl/N-ethyl adjacent to an activating group) is 1. The van der Waals surface area contributed by atoms with E-state index in [1.165, 1.54) is 30.6 Å². The molecule has 1 aromatic heterocycles. The zero-order valence-corrected chi connectivity index (χ0v) is 11.4. The second kappa shape index (κ2) is 4.38. The first-order chi connectivity index (χ1) is 8.24. The topological polar surface area (TPSA) is 29.3 Å². The first-order valence-corrected chi connectivity index (χ1v) is 7.56. The highest BCUT2D eigenvalue weighted by atomic mass is 32.1. The van der Waals surface area contributed by atoms with Crippen LogP contribution in [-0.2, 0) is 6.54 Å². The third-order valence-corrected chi connectivity index (χ3v) is 5.89. The standard InChI is InChI=1S/C14H22N2S/c1-16(9-13-3-2-6-17-13)14(10-15)8-11-4-5-12(14)7-11/h2-3,6,11-12H,4-5,7-10,15H2,1H3. The Balaban J connectivity index is 1.76. The van der Waals surface area contributed by atoms with Crippen molar-refractivity contribution in [2.24, 2.45) is 17.6 Å². The molecule has 3 atom stereocenters. The summed E-state index contributed by atoms with van der Waals surface area (Å²) in [7, 11) is 2.27. The van der Waals surface area contributed by atoms with Crippen LogP contribution in [0.15, 0.2) is 17.5 Å². The maximum absolute atomic E-state index is 6.15. The van der Waals surface area contributed by atoms with Gasteiger partial charge in [-0.05, 0) is 49.6 Å². The summed E-state index contributed by atoms with van der Waals surface area (Å²) in [5.74, 6) is 1.80. The van der Waals surface area contributed by atoms with Gasteiger partial charge in [0.2, 0.25) is 0 Å². The fourth-order valence-electron chi connectivity index (χ4n) is 4.08. The Kier molecular flexibility index (Phi) is 3.01. The van der Waals surface area contributed by atoms with E-state index in [2.05, 4.69) is 29.5 Å². The van der Waals surface area contributed by atoms with Crippen LogP contribution >= 0.6 is 11.3 Å². The minimum Gasteiger partial charge on any atom is -0.329 e. The molecule has 2 fully saturated rings. The van der Waals surface area contributed by atoms with E-state index in [4.69, 9.17) is 5.73 Å². The Labute approximate surface area is 108 Å². The van der Waals surface area contributed by atoms with Crippen molar-refractivity contribution in [3.8, 4) is 0 Å². The van der Waals surface area contributed by atoms with Crippen molar-refractivity contribution in [2.75, 3.05) is 13.6 Å². The second-order valence-electron chi connectivity index (χ2n) is 5.82. The second-order valence-corrected chi connectivity index (χ2v) is 6.86. The number of nitrogens with zero attached hydrogens (tertiary/aromatic N) is 1. The Hall–Kier alpha value is -0.380. The molecule has 3 unspecified atom stereocenters. The summed E-state index contributed by atoms with van der Waals surface area (Å²) < 4.78 is 0. The largest absolute Gasteiger partial charge is 0.329 e. The van der Waals surface area contributed by atoms with Gasteiger partial charge in [-0.15, -0.1) is 11.3 Å². The van der Waals surface area contributed by atoms with E-state index in [1.54, 1.807) is 0 Å². The minimum absolute atomic E-state index is 0.299. The van der Waals surface area contributed by atoms with Gasteiger partial charge in [-0.3, -0.25) is 4.90 Å². The average Bonchev–Trinajstić information content (AvgIpc) is 3.04. The molecule has 2 bridgehead atoms. The maximum atomic E-state index is 6.15. The van der Waals surface area contributed by atoms with Gasteiger partial charge in [0.15, 0.2) is 0 Å². The van der Waals surface area contributed by atoms with E-state index in [-0.39, 0.29) is 0 Å². The lowest BCUT2D eigenvalue weighted by Crippen LogP contribution is -2.55. The van der Waals surface area contributed by atoms with Crippen LogP contribution in [0, 0.1) is 11.8 Å². The highest BCUT2D eigenvalue weighted by Crippen LogP contribution is 2.53. The quantitative estimate of drug-likeness (QED) is 0.890. The molecule has 94 valence electrons. The van der Waals surface area contributed by atoms with Crippen molar-refractivity contribution in [1.82, 2.24) is 4.90 Å². The van der Waals surface area contributed by atoms with E-state index in [9.17, 15) is 0 Å². The highest BCUT2D eigenvalue weighted by molar-refractivity contribution is 7.09. The normalized spacial score (nSPS) is 35.9. The summed E-state index contributed by atoms with van der Waals surface area (Å²) in [5, 5.41) is 2.17. The van der Waals surface area contributed by atoms with Crippen LogP contribution in [-0.4, -0.2) is 24.0 Å². The van der Waals surface area contributed by atoms with Crippen molar-refractivity contribution < 1.29 is 0 Å². The highest BCUT2D eigenvalue weighted by Gasteiger charge is 2.52. The Bertz CT molecular complexity index is 376. The molecule has 0 aromatic carbocycles. The van der Waals surface area contributed by atoms with Gasteiger partial charge < -0.3 is 5.73 Å². The number of rotatable bonds is 4. The molecule has 0 amide bonds. The van der Waals surface area contributed by atoms with Crippen molar-refractivity contribution >= 4 is 11.3 Å². The van der Waals surface area contributed by atoms with Crippen LogP contribution in [0.4, 0.5) is 0 Å². The van der Waals surface area contributed by atoms with Gasteiger partial charge in [-0.2, -0.15) is 0 Å². The predicted octanol–water partition coefficient (Wildman–Crippen LogP) is 2.70. The lowest BCUT2D eigenvalue weighted by Gasteiger charge is -2.44. The van der Waals surface area contributed by atoms with E-state index in [1.807, 2.05) is 11.3 Å². The summed E-state index contributed by atoms with van der Waals surface area (Å²) >= 11 is 1.86. The summed E-state index contributed by atoms with van der Waals surface area (Å²) in [5.41, 5.74) is 6.45. The zero-order chi connectivity index (χ0) is 11.9. The lowest BCUT2D eigenvalue weighted by atomic mass is 9.79. The predicted molar refractivity (Wildman–Crippen MR) is 73.0 cm³/mol. The molecule has 3 heteroatoms. The summed E-state index contributed by atoms with van der Waals surface area (Å²) in [4.78, 5) is 4.01. The number of hydrogen-bond donors (Lipinski definition) is 1. The molecule has 2 aliphatic carbocycles. The summed E-state index contributed by atoms with van der Waals surface area (Å²) in [6, 6.07) is 4.38. The van der Waals surface area contributed by atoms with Gasteiger partial charge in [0, 0.05) is 23.5 Å². The van der Waals surface area contributed by atoms with Crippen molar-refractivity contribution in [2.45, 2.75) is 37.8 Å². The molecule has 2 N–H and O–H groups in total. The number of hydrogen-bond acceptors (Lipinski definition) is 3. The molecular formula is C14H22N2S. The molecule has 2 nitrogen and oxygen atoms in total. The van der Waals surface area contributed by atoms with Gasteiger partial charge in [0.05, 0.1) is 0 Å². The minimum atomic E-state index is 0.299. The molecular weight excluding hydrogens is 228 g/mol. The smallest absolute Gasteiger partial charge is 0.0363 e. The van der Waals surface area contributed by atoms with E-state index < -0.39 is 0 Å². The van der Waals surface area contributed by atoms with Gasteiger partial charge in [0.25, 0.3) is 0 Å². The Morgan fingerprint density at radius 3 is 2.94 bits per heavy atom. The average molecular weight is 250 g/mol. The van der Waals surface area contributed by atoms with Crippen LogP contribution in [0.3, 0.4) is 0 Å². The molecule has 2 aliphatic rings. The zero-order valence-electron chi connectivity index (χ0n) is 10.6. The molecule has 2 saturated carbocycles. The van der Waals surface area contributed by atoms with E-state index in [0.29, 0.717) is 5.54 Å². The van der Waals surface area contributed by atoms with Gasteiger partial charge in [0.1, 0.15) is 0 Å². The fourth-order valence-corrected chi connectivity index (χ4v) is 4.84. The lowest BCUT2D eigenvalue weighted by molar-refractivity contribution is 0.0600. The SMILES string of the molecule is CN(Cc1cccs1)C1(CN)CC2CCC1C2. The third-order valence-electron chi connectivity index (χ3n) is 5.03. The number of fused-ring (bicyclic) bond motifs is 2. The third kappa shape index (κ3) is 1.85. The van der Waals surface area contributed by atoms with E-state index >= 15 is 0 Å². The Morgan fingerprint density at radius 1 is 1.53 bits per heavy atom. The first kappa shape index (κ1) is 11.7. The van der Waals surface area contributed by atoms with E-state index in [0.717, 1.165) is 24.9 Å². The van der Waals surface area contributed by atoms with Crippen LogP contribution in [0.1, 0.15) is 30.6 Å². The van der Waals surface area contributed by atoms with Gasteiger partial charge >= 0.3 is 0 Å². The summed E-state index contributed by atoms with van der Waals surface area (Å²) in [6.07, 6.45) is 5.60. The molecule has 17 heavy (non-hydrogen) atoms. The molecule has 1 aromatic rings. The molecule has 1 heterocycles. The van der Waals surface area contributed by atoms with Crippen LogP contribution in [0.25, 0.3) is 0 Å².